The lowest BCUT2D eigenvalue weighted by Crippen LogP contribution is -2.34. The van der Waals surface area contributed by atoms with Crippen molar-refractivity contribution in [1.82, 2.24) is 24.3 Å². The van der Waals surface area contributed by atoms with Gasteiger partial charge in [-0.15, -0.1) is 0 Å². The first-order valence-corrected chi connectivity index (χ1v) is 11.8. The molecule has 200 valence electrons. The van der Waals surface area contributed by atoms with Gasteiger partial charge in [-0.1, -0.05) is 0 Å². The molecule has 2 heterocycles. The third-order valence-corrected chi connectivity index (χ3v) is 6.44. The molecule has 1 amide bonds. The molecule has 0 bridgehead atoms. The largest absolute Gasteiger partial charge is 0.482 e. The molecule has 3 aromatic carbocycles. The molecule has 0 saturated carbocycles. The number of nitrogens with zero attached hydrogens (tertiary/aromatic N) is 5. The fraction of sp³-hybridized carbons (Fsp3) is 0.185. The van der Waals surface area contributed by atoms with Crippen molar-refractivity contribution in [1.29, 1.82) is 0 Å². The van der Waals surface area contributed by atoms with Crippen molar-refractivity contribution in [3.05, 3.63) is 94.2 Å². The lowest BCUT2D eigenvalue weighted by molar-refractivity contribution is -0.118. The van der Waals surface area contributed by atoms with E-state index in [4.69, 9.17) is 4.74 Å². The first kappa shape index (κ1) is 25.8. The van der Waals surface area contributed by atoms with E-state index < -0.39 is 35.6 Å². The summed E-state index contributed by atoms with van der Waals surface area (Å²) in [5, 5.41) is 6.35. The molecule has 39 heavy (non-hydrogen) atoms. The smallest absolute Gasteiger partial charge is 0.329 e. The predicted molar refractivity (Wildman–Crippen MR) is 138 cm³/mol. The van der Waals surface area contributed by atoms with Crippen LogP contribution in [-0.4, -0.2) is 37.3 Å². The Kier molecular flexibility index (Phi) is 6.69. The summed E-state index contributed by atoms with van der Waals surface area (Å²) in [4.78, 5) is 31.4. The summed E-state index contributed by atoms with van der Waals surface area (Å²) < 4.78 is 51.3. The molecule has 0 aliphatic heterocycles. The number of benzene rings is 3. The fourth-order valence-corrected chi connectivity index (χ4v) is 4.46. The van der Waals surface area contributed by atoms with Crippen molar-refractivity contribution < 1.29 is 22.7 Å². The zero-order valence-corrected chi connectivity index (χ0v) is 21.2. The Bertz CT molecular complexity index is 1720. The quantitative estimate of drug-likeness (QED) is 0.338. The Labute approximate surface area is 220 Å². The van der Waals surface area contributed by atoms with Crippen LogP contribution in [-0.2, 0) is 25.0 Å². The summed E-state index contributed by atoms with van der Waals surface area (Å²) in [5.74, 6) is -1.85. The van der Waals surface area contributed by atoms with Crippen molar-refractivity contribution >= 4 is 22.6 Å². The van der Waals surface area contributed by atoms with Crippen LogP contribution in [0.4, 0.5) is 18.9 Å². The number of fused-ring (bicyclic) bond motifs is 1. The van der Waals surface area contributed by atoms with Crippen LogP contribution in [0.15, 0.2) is 59.7 Å². The van der Waals surface area contributed by atoms with Gasteiger partial charge in [-0.3, -0.25) is 19.0 Å². The van der Waals surface area contributed by atoms with Crippen LogP contribution in [0.3, 0.4) is 0 Å². The predicted octanol–water partition coefficient (Wildman–Crippen LogP) is 4.09. The topological polar surface area (TPSA) is 98.0 Å². The first-order valence-electron chi connectivity index (χ1n) is 11.8. The number of aromatic nitrogens is 5. The third-order valence-electron chi connectivity index (χ3n) is 6.44. The molecular weight excluding hydrogens is 513 g/mol. The number of aryl methyl sites for hydroxylation is 2. The van der Waals surface area contributed by atoms with Crippen molar-refractivity contribution in [2.24, 2.45) is 7.05 Å². The van der Waals surface area contributed by atoms with E-state index >= 15 is 4.39 Å². The number of carbonyl (C=O) groups excluding carboxylic acids is 1. The summed E-state index contributed by atoms with van der Waals surface area (Å²) in [7, 11) is 2.99. The molecule has 0 fully saturated rings. The van der Waals surface area contributed by atoms with Crippen molar-refractivity contribution in [3.8, 4) is 16.9 Å². The Morgan fingerprint density at radius 2 is 1.82 bits per heavy atom. The van der Waals surface area contributed by atoms with E-state index in [2.05, 4.69) is 15.2 Å². The van der Waals surface area contributed by atoms with E-state index in [0.717, 1.165) is 10.6 Å². The average molecular weight is 537 g/mol. The number of H-pyrrole nitrogens is 1. The lowest BCUT2D eigenvalue weighted by Gasteiger charge is -2.17. The second kappa shape index (κ2) is 10.1. The highest BCUT2D eigenvalue weighted by Gasteiger charge is 2.22. The number of amides is 1. The van der Waals surface area contributed by atoms with E-state index in [1.807, 2.05) is 0 Å². The Hall–Kier alpha value is -4.87. The molecule has 0 aliphatic rings. The summed E-state index contributed by atoms with van der Waals surface area (Å²) in [6.45, 7) is 1.22. The van der Waals surface area contributed by atoms with E-state index in [9.17, 15) is 18.4 Å². The normalized spacial score (nSPS) is 11.2. The number of anilines is 1. The van der Waals surface area contributed by atoms with Crippen LogP contribution < -0.4 is 15.3 Å². The maximum absolute atomic E-state index is 15.1. The van der Waals surface area contributed by atoms with Gasteiger partial charge in [-0.05, 0) is 66.6 Å². The summed E-state index contributed by atoms with van der Waals surface area (Å²) in [6.07, 6.45) is 1.31. The third kappa shape index (κ3) is 4.88. The van der Waals surface area contributed by atoms with Gasteiger partial charge in [0.25, 0.3) is 0 Å². The zero-order valence-electron chi connectivity index (χ0n) is 21.2. The highest BCUT2D eigenvalue weighted by atomic mass is 19.1. The standard InChI is InChI=1S/C27H23F3N6O3/c1-15-8-16(9-21(30)26(15)39-13-23-31-14-32-33-23)20-10-18(29)11-22-25(20)35(3)27(38)36(22)12-24(37)34(2)19-6-4-17(28)5-7-19/h4-11,14H,12-13H2,1-3H3,(H,31,32,33). The number of imidazole rings is 1. The Balaban J connectivity index is 1.52. The van der Waals surface area contributed by atoms with Crippen LogP contribution >= 0.6 is 0 Å². The number of halogens is 3. The summed E-state index contributed by atoms with van der Waals surface area (Å²) in [5.41, 5.74) is 1.41. The molecule has 0 aliphatic carbocycles. The van der Waals surface area contributed by atoms with E-state index in [1.165, 1.54) is 66.3 Å². The van der Waals surface area contributed by atoms with Gasteiger partial charge in [-0.25, -0.2) is 22.9 Å². The highest BCUT2D eigenvalue weighted by molar-refractivity contribution is 5.96. The molecule has 5 rings (SSSR count). The number of aromatic amines is 1. The molecule has 1 N–H and O–H groups in total. The minimum absolute atomic E-state index is 0.00341. The van der Waals surface area contributed by atoms with Crippen LogP contribution in [0, 0.1) is 24.4 Å². The molecule has 0 atom stereocenters. The number of carbonyl (C=O) groups is 1. The van der Waals surface area contributed by atoms with Gasteiger partial charge in [0.05, 0.1) is 11.0 Å². The highest BCUT2D eigenvalue weighted by Crippen LogP contribution is 2.34. The number of nitrogens with one attached hydrogen (secondary N) is 1. The number of hydrogen-bond acceptors (Lipinski definition) is 5. The molecular formula is C27H23F3N6O3. The van der Waals surface area contributed by atoms with E-state index in [1.54, 1.807) is 13.0 Å². The van der Waals surface area contributed by atoms with Gasteiger partial charge < -0.3 is 9.64 Å². The molecule has 0 radical (unpaired) electrons. The van der Waals surface area contributed by atoms with E-state index in [0.29, 0.717) is 28.2 Å². The Morgan fingerprint density at radius 3 is 2.49 bits per heavy atom. The minimum atomic E-state index is -0.678. The zero-order chi connectivity index (χ0) is 27.8. The van der Waals surface area contributed by atoms with Gasteiger partial charge in [0.2, 0.25) is 5.91 Å². The number of hydrogen-bond donors (Lipinski definition) is 1. The van der Waals surface area contributed by atoms with Crippen LogP contribution in [0.25, 0.3) is 22.2 Å². The monoisotopic (exact) mass is 536 g/mol. The lowest BCUT2D eigenvalue weighted by atomic mass is 10.0. The molecule has 2 aromatic heterocycles. The van der Waals surface area contributed by atoms with Crippen LogP contribution in [0.1, 0.15) is 11.4 Å². The summed E-state index contributed by atoms with van der Waals surface area (Å²) in [6, 6.07) is 10.5. The molecule has 9 nitrogen and oxygen atoms in total. The molecule has 5 aromatic rings. The Morgan fingerprint density at radius 1 is 1.08 bits per heavy atom. The minimum Gasteiger partial charge on any atom is -0.482 e. The van der Waals surface area contributed by atoms with Gasteiger partial charge in [0.15, 0.2) is 17.4 Å². The first-order chi connectivity index (χ1) is 18.6. The molecule has 0 spiro atoms. The van der Waals surface area contributed by atoms with Crippen molar-refractivity contribution in [2.45, 2.75) is 20.1 Å². The van der Waals surface area contributed by atoms with Gasteiger partial charge in [0.1, 0.15) is 31.1 Å². The average Bonchev–Trinajstić information content (AvgIpc) is 3.50. The summed E-state index contributed by atoms with van der Waals surface area (Å²) >= 11 is 0. The van der Waals surface area contributed by atoms with Crippen LogP contribution in [0.2, 0.25) is 0 Å². The van der Waals surface area contributed by atoms with Crippen molar-refractivity contribution in [3.63, 3.8) is 0 Å². The van der Waals surface area contributed by atoms with Gasteiger partial charge in [-0.2, -0.15) is 5.10 Å². The number of likely N-dealkylation sites (N-methyl/N-ethyl adjacent to an activating group) is 1. The van der Waals surface area contributed by atoms with E-state index in [-0.39, 0.29) is 23.4 Å². The fourth-order valence-electron chi connectivity index (χ4n) is 4.46. The molecule has 12 heteroatoms. The molecule has 0 unspecified atom stereocenters. The number of ether oxygens (including phenoxy) is 1. The SMILES string of the molecule is Cc1cc(-c2cc(F)cc3c2n(C)c(=O)n3CC(=O)N(C)c2ccc(F)cc2)cc(F)c1OCc1ncn[nH]1. The van der Waals surface area contributed by atoms with Crippen LogP contribution in [0.5, 0.6) is 5.75 Å². The van der Waals surface area contributed by atoms with Gasteiger partial charge >= 0.3 is 5.69 Å². The maximum Gasteiger partial charge on any atom is 0.329 e. The van der Waals surface area contributed by atoms with Crippen molar-refractivity contribution in [2.75, 3.05) is 11.9 Å². The molecule has 0 saturated heterocycles. The second-order valence-corrected chi connectivity index (χ2v) is 9.00. The maximum atomic E-state index is 15.1. The number of rotatable bonds is 7. The second-order valence-electron chi connectivity index (χ2n) is 9.00. The van der Waals surface area contributed by atoms with Gasteiger partial charge in [0, 0.05) is 25.3 Å².